The summed E-state index contributed by atoms with van der Waals surface area (Å²) in [6.45, 7) is 3.23. The molecule has 0 fully saturated rings. The molecule has 0 saturated heterocycles. The molecule has 5 nitrogen and oxygen atoms in total. The summed E-state index contributed by atoms with van der Waals surface area (Å²) in [4.78, 5) is 21.9. The van der Waals surface area contributed by atoms with E-state index in [1.807, 2.05) is 0 Å². The van der Waals surface area contributed by atoms with Crippen LogP contribution in [0.25, 0.3) is 0 Å². The molecule has 0 aliphatic carbocycles. The highest BCUT2D eigenvalue weighted by molar-refractivity contribution is 5.92. The number of carbonyl (C=O) groups is 2. The number of hydrogen-bond acceptors (Lipinski definition) is 3. The van der Waals surface area contributed by atoms with E-state index in [2.05, 4.69) is 0 Å². The minimum absolute atomic E-state index is 0.333. The fraction of sp³-hybridized carbons (Fsp3) is 0.333. The van der Waals surface area contributed by atoms with E-state index < -0.39 is 17.5 Å². The van der Waals surface area contributed by atoms with Crippen molar-refractivity contribution in [2.45, 2.75) is 25.9 Å². The number of rotatable bonds is 5. The van der Waals surface area contributed by atoms with E-state index in [0.29, 0.717) is 17.7 Å². The van der Waals surface area contributed by atoms with E-state index in [0.717, 1.165) is 0 Å². The van der Waals surface area contributed by atoms with E-state index >= 15 is 0 Å². The van der Waals surface area contributed by atoms with Crippen LogP contribution in [-0.4, -0.2) is 22.6 Å². The summed E-state index contributed by atoms with van der Waals surface area (Å²) in [7, 11) is 0. The molecule has 3 N–H and O–H groups in total. The Morgan fingerprint density at radius 2 is 1.88 bits per heavy atom. The number of ether oxygens (including phenoxy) is 1. The van der Waals surface area contributed by atoms with E-state index in [1.54, 1.807) is 6.92 Å². The van der Waals surface area contributed by atoms with Crippen molar-refractivity contribution < 1.29 is 19.4 Å². The Morgan fingerprint density at radius 1 is 1.35 bits per heavy atom. The van der Waals surface area contributed by atoms with Crippen molar-refractivity contribution in [2.24, 2.45) is 5.73 Å². The van der Waals surface area contributed by atoms with Crippen molar-refractivity contribution in [1.82, 2.24) is 0 Å². The van der Waals surface area contributed by atoms with Crippen molar-refractivity contribution in [3.05, 3.63) is 29.8 Å². The molecule has 17 heavy (non-hydrogen) atoms. The van der Waals surface area contributed by atoms with Gasteiger partial charge < -0.3 is 15.6 Å². The van der Waals surface area contributed by atoms with E-state index in [-0.39, 0.29) is 0 Å². The molecule has 0 aliphatic rings. The third-order valence-electron chi connectivity index (χ3n) is 2.61. The fourth-order valence-corrected chi connectivity index (χ4v) is 1.21. The number of nitrogens with two attached hydrogens (primary N) is 1. The fourth-order valence-electron chi connectivity index (χ4n) is 1.21. The van der Waals surface area contributed by atoms with Crippen LogP contribution in [0.2, 0.25) is 0 Å². The summed E-state index contributed by atoms with van der Waals surface area (Å²) in [6, 6.07) is 6.04. The standard InChI is InChI=1S/C12H15NO4/c1-3-12(2,11(15)16)17-9-6-4-8(5-7-9)10(13)14/h4-7H,3H2,1-2H3,(H2,13,14)(H,15,16). The minimum atomic E-state index is -1.27. The van der Waals surface area contributed by atoms with Gasteiger partial charge in [-0.3, -0.25) is 4.79 Å². The van der Waals surface area contributed by atoms with Crippen molar-refractivity contribution >= 4 is 11.9 Å². The lowest BCUT2D eigenvalue weighted by Gasteiger charge is -2.24. The molecule has 1 unspecified atom stereocenters. The zero-order valence-corrected chi connectivity index (χ0v) is 9.77. The number of primary amides is 1. The first-order chi connectivity index (χ1) is 7.89. The number of carboxylic acid groups (broad SMARTS) is 1. The minimum Gasteiger partial charge on any atom is -0.478 e. The molecule has 1 aromatic carbocycles. The second-order valence-corrected chi connectivity index (χ2v) is 3.88. The highest BCUT2D eigenvalue weighted by Crippen LogP contribution is 2.22. The first-order valence-corrected chi connectivity index (χ1v) is 5.21. The average Bonchev–Trinajstić information content (AvgIpc) is 2.29. The lowest BCUT2D eigenvalue weighted by atomic mass is 10.0. The molecular weight excluding hydrogens is 222 g/mol. The molecule has 0 saturated carbocycles. The zero-order chi connectivity index (χ0) is 13.1. The quantitative estimate of drug-likeness (QED) is 0.810. The van der Waals surface area contributed by atoms with Crippen LogP contribution in [0.3, 0.4) is 0 Å². The second-order valence-electron chi connectivity index (χ2n) is 3.88. The van der Waals surface area contributed by atoms with Crippen LogP contribution in [0, 0.1) is 0 Å². The largest absolute Gasteiger partial charge is 0.478 e. The summed E-state index contributed by atoms with van der Waals surface area (Å²) in [6.07, 6.45) is 0.333. The molecule has 1 aromatic rings. The highest BCUT2D eigenvalue weighted by Gasteiger charge is 2.33. The molecule has 0 radical (unpaired) electrons. The van der Waals surface area contributed by atoms with Crippen LogP contribution in [0.15, 0.2) is 24.3 Å². The van der Waals surface area contributed by atoms with Gasteiger partial charge in [0.2, 0.25) is 11.5 Å². The van der Waals surface area contributed by atoms with Crippen LogP contribution in [0.5, 0.6) is 5.75 Å². The van der Waals surface area contributed by atoms with Gasteiger partial charge >= 0.3 is 5.97 Å². The summed E-state index contributed by atoms with van der Waals surface area (Å²) < 4.78 is 5.40. The van der Waals surface area contributed by atoms with Gasteiger partial charge in [0, 0.05) is 5.56 Å². The van der Waals surface area contributed by atoms with Gasteiger partial charge in [0.15, 0.2) is 0 Å². The molecule has 0 bridgehead atoms. The maximum atomic E-state index is 11.0. The van der Waals surface area contributed by atoms with Gasteiger partial charge in [-0.25, -0.2) is 4.79 Å². The molecule has 0 aromatic heterocycles. The van der Waals surface area contributed by atoms with Crippen LogP contribution in [0.1, 0.15) is 30.6 Å². The van der Waals surface area contributed by atoms with Gasteiger partial charge in [0.05, 0.1) is 0 Å². The molecule has 1 rings (SSSR count). The molecule has 1 atom stereocenters. The van der Waals surface area contributed by atoms with Gasteiger partial charge in [-0.2, -0.15) is 0 Å². The lowest BCUT2D eigenvalue weighted by Crippen LogP contribution is -2.40. The van der Waals surface area contributed by atoms with Gasteiger partial charge in [0.25, 0.3) is 0 Å². The summed E-state index contributed by atoms with van der Waals surface area (Å²) in [5, 5.41) is 9.04. The Kier molecular flexibility index (Phi) is 3.73. The van der Waals surface area contributed by atoms with Crippen LogP contribution in [0.4, 0.5) is 0 Å². The maximum Gasteiger partial charge on any atom is 0.347 e. The van der Waals surface area contributed by atoms with Crippen LogP contribution < -0.4 is 10.5 Å². The summed E-state index contributed by atoms with van der Waals surface area (Å²) >= 11 is 0. The van der Waals surface area contributed by atoms with Crippen molar-refractivity contribution in [3.63, 3.8) is 0 Å². The van der Waals surface area contributed by atoms with E-state index in [9.17, 15) is 9.59 Å². The molecular formula is C12H15NO4. The third-order valence-corrected chi connectivity index (χ3v) is 2.61. The van der Waals surface area contributed by atoms with Crippen LogP contribution in [-0.2, 0) is 4.79 Å². The number of hydrogen-bond donors (Lipinski definition) is 2. The Morgan fingerprint density at radius 3 is 2.24 bits per heavy atom. The summed E-state index contributed by atoms with van der Waals surface area (Å²) in [5.74, 6) is -1.17. The molecule has 0 aliphatic heterocycles. The zero-order valence-electron chi connectivity index (χ0n) is 9.77. The predicted molar refractivity (Wildman–Crippen MR) is 61.9 cm³/mol. The monoisotopic (exact) mass is 237 g/mol. The van der Waals surface area contributed by atoms with E-state index in [4.69, 9.17) is 15.6 Å². The second kappa shape index (κ2) is 4.86. The first kappa shape index (κ1) is 13.0. The predicted octanol–water partition coefficient (Wildman–Crippen LogP) is 1.42. The van der Waals surface area contributed by atoms with Gasteiger partial charge in [0.1, 0.15) is 5.75 Å². The Bertz CT molecular complexity index is 427. The molecule has 1 amide bonds. The molecule has 0 spiro atoms. The number of carboxylic acids is 1. The Balaban J connectivity index is 2.88. The molecule has 5 heteroatoms. The lowest BCUT2D eigenvalue weighted by molar-refractivity contribution is -0.154. The van der Waals surface area contributed by atoms with E-state index in [1.165, 1.54) is 31.2 Å². The van der Waals surface area contributed by atoms with Crippen LogP contribution >= 0.6 is 0 Å². The normalized spacial score (nSPS) is 13.8. The number of benzene rings is 1. The van der Waals surface area contributed by atoms with Crippen molar-refractivity contribution in [2.75, 3.05) is 0 Å². The molecule has 92 valence electrons. The van der Waals surface area contributed by atoms with Crippen molar-refractivity contribution in [1.29, 1.82) is 0 Å². The average molecular weight is 237 g/mol. The highest BCUT2D eigenvalue weighted by atomic mass is 16.5. The number of aliphatic carboxylic acids is 1. The van der Waals surface area contributed by atoms with Gasteiger partial charge in [-0.1, -0.05) is 6.92 Å². The summed E-state index contributed by atoms with van der Waals surface area (Å²) in [5.41, 5.74) is 4.17. The Hall–Kier alpha value is -2.04. The van der Waals surface area contributed by atoms with Crippen molar-refractivity contribution in [3.8, 4) is 5.75 Å². The topological polar surface area (TPSA) is 89.6 Å². The maximum absolute atomic E-state index is 11.0. The first-order valence-electron chi connectivity index (χ1n) is 5.21. The number of carbonyl (C=O) groups excluding carboxylic acids is 1. The smallest absolute Gasteiger partial charge is 0.347 e. The van der Waals surface area contributed by atoms with Gasteiger partial charge in [-0.05, 0) is 37.6 Å². The third kappa shape index (κ3) is 2.96. The number of amides is 1. The SMILES string of the molecule is CCC(C)(Oc1ccc(C(N)=O)cc1)C(=O)O. The Labute approximate surface area is 99.2 Å². The molecule has 0 heterocycles. The van der Waals surface area contributed by atoms with Gasteiger partial charge in [-0.15, -0.1) is 0 Å².